The van der Waals surface area contributed by atoms with Crippen LogP contribution in [0.3, 0.4) is 0 Å². The van der Waals surface area contributed by atoms with Crippen LogP contribution in [0.25, 0.3) is 0 Å². The molecule has 0 aromatic carbocycles. The van der Waals surface area contributed by atoms with Gasteiger partial charge in [-0.2, -0.15) is 0 Å². The Morgan fingerprint density at radius 1 is 1.29 bits per heavy atom. The van der Waals surface area contributed by atoms with Gasteiger partial charge in [-0.05, 0) is 44.7 Å². The van der Waals surface area contributed by atoms with Crippen LogP contribution in [0.5, 0.6) is 0 Å². The highest BCUT2D eigenvalue weighted by atomic mass is 16.2. The van der Waals surface area contributed by atoms with Gasteiger partial charge in [-0.15, -0.1) is 0 Å². The monoisotopic (exact) mass is 238 g/mol. The smallest absolute Gasteiger partial charge is 0.233 e. The van der Waals surface area contributed by atoms with Crippen LogP contribution < -0.4 is 10.6 Å². The molecule has 0 spiro atoms. The predicted molar refractivity (Wildman–Crippen MR) is 65.3 cm³/mol. The molecule has 4 nitrogen and oxygen atoms in total. The number of carbonyl (C=O) groups excluding carboxylic acids is 2. The average Bonchev–Trinajstić information content (AvgIpc) is 2.34. The molecule has 2 rings (SSSR count). The molecule has 2 amide bonds. The summed E-state index contributed by atoms with van der Waals surface area (Å²) in [5, 5.41) is 5.89. The molecule has 0 bridgehead atoms. The summed E-state index contributed by atoms with van der Waals surface area (Å²) < 4.78 is 0. The van der Waals surface area contributed by atoms with E-state index >= 15 is 0 Å². The number of imide groups is 1. The first-order valence-electron chi connectivity index (χ1n) is 6.74. The third-order valence-electron chi connectivity index (χ3n) is 4.32. The standard InChI is InChI=1S/C13H22N2O2/c1-2-6-13(10-4-8-14-9-5-10)7-3-11(16)15-12(13)17/h10,14H,2-9H2,1H3,(H,15,16,17). The molecular formula is C13H22N2O2. The van der Waals surface area contributed by atoms with E-state index in [9.17, 15) is 9.59 Å². The van der Waals surface area contributed by atoms with Gasteiger partial charge in [0.1, 0.15) is 0 Å². The highest BCUT2D eigenvalue weighted by Crippen LogP contribution is 2.44. The topological polar surface area (TPSA) is 58.2 Å². The van der Waals surface area contributed by atoms with Crippen molar-refractivity contribution in [2.75, 3.05) is 13.1 Å². The van der Waals surface area contributed by atoms with Crippen LogP contribution in [0.1, 0.15) is 45.4 Å². The van der Waals surface area contributed by atoms with Crippen molar-refractivity contribution in [1.29, 1.82) is 0 Å². The van der Waals surface area contributed by atoms with E-state index in [2.05, 4.69) is 17.6 Å². The molecule has 2 aliphatic rings. The normalized spacial score (nSPS) is 31.4. The minimum absolute atomic E-state index is 0.0116. The van der Waals surface area contributed by atoms with E-state index in [0.29, 0.717) is 12.3 Å². The number of piperidine rings is 2. The largest absolute Gasteiger partial charge is 0.317 e. The van der Waals surface area contributed by atoms with Crippen molar-refractivity contribution in [3.63, 3.8) is 0 Å². The number of hydrogen-bond donors (Lipinski definition) is 2. The fraction of sp³-hybridized carbons (Fsp3) is 0.846. The number of hydrogen-bond acceptors (Lipinski definition) is 3. The van der Waals surface area contributed by atoms with Gasteiger partial charge in [0.15, 0.2) is 0 Å². The van der Waals surface area contributed by atoms with Gasteiger partial charge < -0.3 is 5.32 Å². The lowest BCUT2D eigenvalue weighted by atomic mass is 9.64. The Bertz CT molecular complexity index is 311. The molecule has 2 N–H and O–H groups in total. The van der Waals surface area contributed by atoms with Crippen LogP contribution in [0.4, 0.5) is 0 Å². The van der Waals surface area contributed by atoms with Gasteiger partial charge in [0.2, 0.25) is 11.8 Å². The van der Waals surface area contributed by atoms with Crippen molar-refractivity contribution < 1.29 is 9.59 Å². The molecule has 1 atom stereocenters. The van der Waals surface area contributed by atoms with Crippen molar-refractivity contribution in [3.05, 3.63) is 0 Å². The maximum Gasteiger partial charge on any atom is 0.233 e. The Hall–Kier alpha value is -0.900. The molecule has 96 valence electrons. The van der Waals surface area contributed by atoms with Crippen molar-refractivity contribution >= 4 is 11.8 Å². The average molecular weight is 238 g/mol. The van der Waals surface area contributed by atoms with Crippen molar-refractivity contribution in [1.82, 2.24) is 10.6 Å². The molecule has 2 aliphatic heterocycles. The lowest BCUT2D eigenvalue weighted by Crippen LogP contribution is -2.54. The summed E-state index contributed by atoms with van der Waals surface area (Å²) in [5.74, 6) is 0.329. The molecule has 0 aliphatic carbocycles. The SMILES string of the molecule is CCCC1(C2CCNCC2)CCC(=O)NC1=O. The summed E-state index contributed by atoms with van der Waals surface area (Å²) in [7, 11) is 0. The van der Waals surface area contributed by atoms with E-state index in [-0.39, 0.29) is 17.2 Å². The Morgan fingerprint density at radius 3 is 2.59 bits per heavy atom. The third-order valence-corrected chi connectivity index (χ3v) is 4.32. The summed E-state index contributed by atoms with van der Waals surface area (Å²) in [6, 6.07) is 0. The lowest BCUT2D eigenvalue weighted by Gasteiger charge is -2.43. The molecule has 0 radical (unpaired) electrons. The Kier molecular flexibility index (Phi) is 3.82. The highest BCUT2D eigenvalue weighted by Gasteiger charge is 2.47. The van der Waals surface area contributed by atoms with Crippen LogP contribution in [-0.4, -0.2) is 24.9 Å². The second-order valence-corrected chi connectivity index (χ2v) is 5.31. The zero-order valence-electron chi connectivity index (χ0n) is 10.6. The molecular weight excluding hydrogens is 216 g/mol. The van der Waals surface area contributed by atoms with Gasteiger partial charge in [-0.25, -0.2) is 0 Å². The van der Waals surface area contributed by atoms with Crippen LogP contribution in [0.2, 0.25) is 0 Å². The zero-order chi connectivity index (χ0) is 12.3. The first kappa shape index (κ1) is 12.6. The maximum atomic E-state index is 12.3. The second kappa shape index (κ2) is 5.17. The van der Waals surface area contributed by atoms with Crippen LogP contribution >= 0.6 is 0 Å². The molecule has 0 aromatic heterocycles. The summed E-state index contributed by atoms with van der Waals surface area (Å²) in [6.07, 6.45) is 5.29. The maximum absolute atomic E-state index is 12.3. The summed E-state index contributed by atoms with van der Waals surface area (Å²) in [4.78, 5) is 23.6. The Labute approximate surface area is 103 Å². The van der Waals surface area contributed by atoms with Crippen LogP contribution in [-0.2, 0) is 9.59 Å². The molecule has 4 heteroatoms. The van der Waals surface area contributed by atoms with Gasteiger partial charge in [0.25, 0.3) is 0 Å². The molecule has 2 saturated heterocycles. The van der Waals surface area contributed by atoms with E-state index in [1.165, 1.54) is 0 Å². The highest BCUT2D eigenvalue weighted by molar-refractivity contribution is 6.00. The zero-order valence-corrected chi connectivity index (χ0v) is 10.6. The minimum Gasteiger partial charge on any atom is -0.317 e. The summed E-state index contributed by atoms with van der Waals surface area (Å²) in [6.45, 7) is 4.11. The van der Waals surface area contributed by atoms with E-state index in [0.717, 1.165) is 45.2 Å². The van der Waals surface area contributed by atoms with Gasteiger partial charge in [-0.3, -0.25) is 14.9 Å². The number of nitrogens with one attached hydrogen (secondary N) is 2. The number of rotatable bonds is 3. The molecule has 17 heavy (non-hydrogen) atoms. The summed E-state index contributed by atoms with van der Waals surface area (Å²) in [5.41, 5.74) is -0.273. The molecule has 2 fully saturated rings. The first-order chi connectivity index (χ1) is 8.19. The lowest BCUT2D eigenvalue weighted by molar-refractivity contribution is -0.146. The van der Waals surface area contributed by atoms with E-state index in [1.54, 1.807) is 0 Å². The third kappa shape index (κ3) is 2.37. The van der Waals surface area contributed by atoms with Crippen molar-refractivity contribution in [2.24, 2.45) is 11.3 Å². The van der Waals surface area contributed by atoms with Crippen molar-refractivity contribution in [3.8, 4) is 0 Å². The fourth-order valence-corrected chi connectivity index (χ4v) is 3.42. The second-order valence-electron chi connectivity index (χ2n) is 5.31. The van der Waals surface area contributed by atoms with Gasteiger partial charge in [-0.1, -0.05) is 13.3 Å². The molecule has 0 aromatic rings. The van der Waals surface area contributed by atoms with Gasteiger partial charge in [0.05, 0.1) is 5.41 Å². The van der Waals surface area contributed by atoms with E-state index < -0.39 is 0 Å². The molecule has 1 unspecified atom stereocenters. The van der Waals surface area contributed by atoms with Crippen LogP contribution in [0, 0.1) is 11.3 Å². The quantitative estimate of drug-likeness (QED) is 0.727. The fourth-order valence-electron chi connectivity index (χ4n) is 3.42. The van der Waals surface area contributed by atoms with Crippen molar-refractivity contribution in [2.45, 2.75) is 45.4 Å². The van der Waals surface area contributed by atoms with Gasteiger partial charge >= 0.3 is 0 Å². The molecule has 0 saturated carbocycles. The minimum atomic E-state index is -0.273. The Balaban J connectivity index is 2.18. The number of carbonyl (C=O) groups is 2. The summed E-state index contributed by atoms with van der Waals surface area (Å²) >= 11 is 0. The van der Waals surface area contributed by atoms with Crippen LogP contribution in [0.15, 0.2) is 0 Å². The predicted octanol–water partition coefficient (Wildman–Crippen LogP) is 1.21. The Morgan fingerprint density at radius 2 is 2.00 bits per heavy atom. The van der Waals surface area contributed by atoms with Gasteiger partial charge in [0, 0.05) is 6.42 Å². The number of amides is 2. The van der Waals surface area contributed by atoms with E-state index in [4.69, 9.17) is 0 Å². The van der Waals surface area contributed by atoms with E-state index in [1.807, 2.05) is 0 Å². The molecule has 2 heterocycles. The first-order valence-corrected chi connectivity index (χ1v) is 6.74.